The second-order valence-corrected chi connectivity index (χ2v) is 11.5. The molecule has 9 nitrogen and oxygen atoms in total. The lowest BCUT2D eigenvalue weighted by Gasteiger charge is -2.27. The molecule has 2 rings (SSSR count). The van der Waals surface area contributed by atoms with Gasteiger partial charge >= 0.3 is 0 Å². The Morgan fingerprint density at radius 2 is 1.37 bits per heavy atom. The van der Waals surface area contributed by atoms with Crippen LogP contribution in [0.3, 0.4) is 0 Å². The molecule has 0 saturated heterocycles. The van der Waals surface area contributed by atoms with E-state index in [2.05, 4.69) is 27.1 Å². The molecular formula is C32H61N5O4. The van der Waals surface area contributed by atoms with E-state index in [-0.39, 0.29) is 23.7 Å². The third kappa shape index (κ3) is 15.3. The van der Waals surface area contributed by atoms with Crippen LogP contribution in [-0.4, -0.2) is 55.9 Å². The predicted molar refractivity (Wildman–Crippen MR) is 171 cm³/mol. The first kappa shape index (κ1) is 35.4. The van der Waals surface area contributed by atoms with Crippen LogP contribution < -0.4 is 21.5 Å². The first-order valence-electron chi connectivity index (χ1n) is 16.8. The highest BCUT2D eigenvalue weighted by Crippen LogP contribution is 2.27. The number of aromatic nitrogens is 2. The Morgan fingerprint density at radius 1 is 0.829 bits per heavy atom. The third-order valence-corrected chi connectivity index (χ3v) is 7.87. The summed E-state index contributed by atoms with van der Waals surface area (Å²) in [7, 11) is 0. The van der Waals surface area contributed by atoms with Crippen LogP contribution in [0.5, 0.6) is 0 Å². The van der Waals surface area contributed by atoms with E-state index in [9.17, 15) is 4.79 Å². The molecule has 1 unspecified atom stereocenters. The van der Waals surface area contributed by atoms with Gasteiger partial charge in [-0.2, -0.15) is 4.98 Å². The lowest BCUT2D eigenvalue weighted by atomic mass is 10.0. The van der Waals surface area contributed by atoms with E-state index in [1.54, 1.807) is 0 Å². The van der Waals surface area contributed by atoms with Gasteiger partial charge in [-0.15, -0.1) is 0 Å². The summed E-state index contributed by atoms with van der Waals surface area (Å²) in [5.41, 5.74) is 6.04. The van der Waals surface area contributed by atoms with Crippen molar-refractivity contribution < 1.29 is 14.2 Å². The van der Waals surface area contributed by atoms with Crippen molar-refractivity contribution in [1.82, 2.24) is 9.97 Å². The molecule has 1 aliphatic heterocycles. The quantitative estimate of drug-likeness (QED) is 0.0739. The van der Waals surface area contributed by atoms with E-state index in [4.69, 9.17) is 19.9 Å². The Bertz CT molecular complexity index is 831. The number of unbranched alkanes of at least 4 members (excludes halogenated alkanes) is 15. The maximum Gasteiger partial charge on any atom is 0.277 e. The fourth-order valence-corrected chi connectivity index (χ4v) is 5.60. The summed E-state index contributed by atoms with van der Waals surface area (Å²) in [4.78, 5) is 21.2. The van der Waals surface area contributed by atoms with E-state index in [0.717, 1.165) is 13.0 Å². The number of rotatable bonds is 27. The molecular weight excluding hydrogens is 518 g/mol. The van der Waals surface area contributed by atoms with Gasteiger partial charge in [-0.25, -0.2) is 0 Å². The van der Waals surface area contributed by atoms with E-state index in [1.807, 2.05) is 13.8 Å². The van der Waals surface area contributed by atoms with Gasteiger partial charge in [-0.05, 0) is 20.3 Å². The molecule has 1 aromatic rings. The number of nitrogen functional groups attached to an aromatic ring is 1. The highest BCUT2D eigenvalue weighted by Gasteiger charge is 2.28. The van der Waals surface area contributed by atoms with Crippen LogP contribution in [0.15, 0.2) is 4.79 Å². The minimum absolute atomic E-state index is 0.125. The van der Waals surface area contributed by atoms with Crippen LogP contribution in [-0.2, 0) is 14.2 Å². The maximum atomic E-state index is 12.2. The highest BCUT2D eigenvalue weighted by molar-refractivity contribution is 5.70. The highest BCUT2D eigenvalue weighted by atomic mass is 16.7. The average molecular weight is 580 g/mol. The zero-order valence-electron chi connectivity index (χ0n) is 26.5. The third-order valence-electron chi connectivity index (χ3n) is 7.87. The molecule has 4 N–H and O–H groups in total. The lowest BCUT2D eigenvalue weighted by Crippen LogP contribution is -2.35. The van der Waals surface area contributed by atoms with Crippen molar-refractivity contribution in [3.63, 3.8) is 0 Å². The van der Waals surface area contributed by atoms with Crippen LogP contribution in [0.1, 0.15) is 130 Å². The first-order chi connectivity index (χ1) is 20.1. The number of aromatic amines is 1. The predicted octanol–water partition coefficient (Wildman–Crippen LogP) is 7.23. The Labute approximate surface area is 249 Å². The lowest BCUT2D eigenvalue weighted by molar-refractivity contribution is -0.148. The Kier molecular flexibility index (Phi) is 19.6. The number of fused-ring (bicyclic) bond motifs is 1. The van der Waals surface area contributed by atoms with Crippen molar-refractivity contribution in [1.29, 1.82) is 0 Å². The minimum Gasteiger partial charge on any atom is -0.381 e. The van der Waals surface area contributed by atoms with Crippen molar-refractivity contribution in [3.05, 3.63) is 10.4 Å². The molecule has 1 aliphatic rings. The zero-order chi connectivity index (χ0) is 29.5. The molecule has 2 heterocycles. The number of ether oxygens (including phenoxy) is 3. The SMILES string of the molecule is CCCCCCCCCCCCCCCCCCOCC(CC(OCC)OCC)CN1CNc2c1nc(N)[nH]c2=O. The molecule has 238 valence electrons. The zero-order valence-corrected chi connectivity index (χ0v) is 26.5. The monoisotopic (exact) mass is 579 g/mol. The van der Waals surface area contributed by atoms with Gasteiger partial charge in [-0.3, -0.25) is 9.78 Å². The molecule has 0 fully saturated rings. The van der Waals surface area contributed by atoms with Gasteiger partial charge in [0, 0.05) is 38.7 Å². The van der Waals surface area contributed by atoms with Crippen molar-refractivity contribution in [2.75, 3.05) is 55.6 Å². The molecule has 1 aromatic heterocycles. The minimum atomic E-state index is -0.276. The molecule has 1 atom stereocenters. The summed E-state index contributed by atoms with van der Waals surface area (Å²) in [6.45, 7) is 10.00. The molecule has 9 heteroatoms. The molecule has 0 saturated carbocycles. The second kappa shape index (κ2) is 22.7. The molecule has 0 bridgehead atoms. The van der Waals surface area contributed by atoms with Gasteiger partial charge in [0.15, 0.2) is 12.1 Å². The van der Waals surface area contributed by atoms with Crippen LogP contribution in [0.4, 0.5) is 17.5 Å². The number of hydrogen-bond acceptors (Lipinski definition) is 8. The van der Waals surface area contributed by atoms with Crippen LogP contribution in [0, 0.1) is 5.92 Å². The van der Waals surface area contributed by atoms with Crippen LogP contribution >= 0.6 is 0 Å². The van der Waals surface area contributed by atoms with Crippen molar-refractivity contribution in [3.8, 4) is 0 Å². The number of anilines is 3. The smallest absolute Gasteiger partial charge is 0.277 e. The molecule has 0 aliphatic carbocycles. The topological polar surface area (TPSA) is 115 Å². The summed E-state index contributed by atoms with van der Waals surface area (Å²) in [5, 5.41) is 3.14. The van der Waals surface area contributed by atoms with Gasteiger partial charge in [-0.1, -0.05) is 103 Å². The molecule has 0 amide bonds. The normalized spacial score (nSPS) is 13.6. The van der Waals surface area contributed by atoms with Crippen molar-refractivity contribution >= 4 is 17.5 Å². The van der Waals surface area contributed by atoms with E-state index in [1.165, 1.54) is 96.3 Å². The number of nitrogens with two attached hydrogens (primary N) is 1. The van der Waals surface area contributed by atoms with Gasteiger partial charge in [0.1, 0.15) is 5.69 Å². The fraction of sp³-hybridized carbons (Fsp3) is 0.875. The molecule has 0 radical (unpaired) electrons. The van der Waals surface area contributed by atoms with Crippen LogP contribution in [0.2, 0.25) is 0 Å². The Morgan fingerprint density at radius 3 is 1.90 bits per heavy atom. The summed E-state index contributed by atoms with van der Waals surface area (Å²) in [6.07, 6.45) is 22.3. The van der Waals surface area contributed by atoms with Crippen LogP contribution in [0.25, 0.3) is 0 Å². The van der Waals surface area contributed by atoms with E-state index < -0.39 is 0 Å². The number of nitrogens with one attached hydrogen (secondary N) is 2. The molecule has 41 heavy (non-hydrogen) atoms. The molecule has 0 spiro atoms. The van der Waals surface area contributed by atoms with Gasteiger partial charge in [0.05, 0.1) is 13.3 Å². The average Bonchev–Trinajstić information content (AvgIpc) is 3.35. The first-order valence-corrected chi connectivity index (χ1v) is 16.8. The Balaban J connectivity index is 1.59. The number of hydrogen-bond donors (Lipinski definition) is 3. The second-order valence-electron chi connectivity index (χ2n) is 11.5. The summed E-state index contributed by atoms with van der Waals surface area (Å²) >= 11 is 0. The van der Waals surface area contributed by atoms with Gasteiger partial charge in [0.2, 0.25) is 5.95 Å². The van der Waals surface area contributed by atoms with E-state index in [0.29, 0.717) is 51.0 Å². The van der Waals surface area contributed by atoms with Gasteiger partial charge < -0.3 is 30.2 Å². The number of H-pyrrole nitrogens is 1. The van der Waals surface area contributed by atoms with Crippen molar-refractivity contribution in [2.24, 2.45) is 5.92 Å². The van der Waals surface area contributed by atoms with E-state index >= 15 is 0 Å². The molecule has 0 aromatic carbocycles. The van der Waals surface area contributed by atoms with Crippen molar-refractivity contribution in [2.45, 2.75) is 136 Å². The standard InChI is InChI=1S/C32H61N5O4/c1-4-7-8-9-10-11-12-13-14-15-16-17-18-19-20-21-22-39-25-27(23-28(40-5-2)41-6-3)24-37-26-34-29-30(37)35-32(33)36-31(29)38/h27-28,34H,4-26H2,1-3H3,(H3,33,35,36,38). The largest absolute Gasteiger partial charge is 0.381 e. The summed E-state index contributed by atoms with van der Waals surface area (Å²) in [6, 6.07) is 0. The summed E-state index contributed by atoms with van der Waals surface area (Å²) < 4.78 is 17.8. The summed E-state index contributed by atoms with van der Waals surface area (Å²) in [5.74, 6) is 0.882. The maximum absolute atomic E-state index is 12.2. The van der Waals surface area contributed by atoms with Gasteiger partial charge in [0.25, 0.3) is 5.56 Å². The fourth-order valence-electron chi connectivity index (χ4n) is 5.60. The number of nitrogens with zero attached hydrogens (tertiary/aromatic N) is 2. The Hall–Kier alpha value is -1.84.